The van der Waals surface area contributed by atoms with Gasteiger partial charge in [0.1, 0.15) is 11.5 Å². The van der Waals surface area contributed by atoms with Crippen molar-refractivity contribution in [1.29, 1.82) is 0 Å². The lowest BCUT2D eigenvalue weighted by Crippen LogP contribution is -2.38. The van der Waals surface area contributed by atoms with E-state index in [1.165, 1.54) is 0 Å². The second-order valence-corrected chi connectivity index (χ2v) is 10.4. The highest BCUT2D eigenvalue weighted by Gasteiger charge is 2.46. The van der Waals surface area contributed by atoms with Crippen molar-refractivity contribution in [2.45, 2.75) is 40.2 Å². The smallest absolute Gasteiger partial charge is 0.295 e. The summed E-state index contributed by atoms with van der Waals surface area (Å²) in [7, 11) is 0. The first-order valence-corrected chi connectivity index (χ1v) is 13.1. The number of rotatable bonds is 9. The van der Waals surface area contributed by atoms with E-state index in [2.05, 4.69) is 18.7 Å². The Balaban J connectivity index is 1.65. The van der Waals surface area contributed by atoms with Crippen LogP contribution < -0.4 is 4.74 Å². The van der Waals surface area contributed by atoms with Crippen molar-refractivity contribution in [1.82, 2.24) is 9.80 Å². The molecule has 0 bridgehead atoms. The van der Waals surface area contributed by atoms with E-state index in [0.717, 1.165) is 42.7 Å². The molecule has 7 nitrogen and oxygen atoms in total. The third-order valence-corrected chi connectivity index (χ3v) is 6.95. The highest BCUT2D eigenvalue weighted by molar-refractivity contribution is 6.46. The summed E-state index contributed by atoms with van der Waals surface area (Å²) in [5.41, 5.74) is 3.34. The first-order chi connectivity index (χ1) is 17.8. The largest absolute Gasteiger partial charge is 0.507 e. The zero-order valence-electron chi connectivity index (χ0n) is 22.3. The molecule has 2 heterocycles. The predicted molar refractivity (Wildman–Crippen MR) is 144 cm³/mol. The molecule has 198 valence electrons. The lowest BCUT2D eigenvalue weighted by Gasteiger charge is -2.29. The molecule has 2 aliphatic heterocycles. The van der Waals surface area contributed by atoms with Crippen LogP contribution in [0, 0.1) is 19.8 Å². The molecule has 0 unspecified atom stereocenters. The van der Waals surface area contributed by atoms with E-state index >= 15 is 0 Å². The minimum absolute atomic E-state index is 0.138. The summed E-state index contributed by atoms with van der Waals surface area (Å²) in [6.07, 6.45) is 0.732. The molecule has 1 N–H and O–H groups in total. The number of amides is 1. The fourth-order valence-corrected chi connectivity index (χ4v) is 4.89. The van der Waals surface area contributed by atoms with Crippen molar-refractivity contribution in [2.75, 3.05) is 46.0 Å². The van der Waals surface area contributed by atoms with Gasteiger partial charge in [0.2, 0.25) is 0 Å². The summed E-state index contributed by atoms with van der Waals surface area (Å²) in [5, 5.41) is 11.4. The molecule has 2 aromatic rings. The van der Waals surface area contributed by atoms with Crippen LogP contribution in [0.2, 0.25) is 0 Å². The zero-order valence-corrected chi connectivity index (χ0v) is 22.3. The molecule has 0 radical (unpaired) electrons. The number of benzene rings is 2. The van der Waals surface area contributed by atoms with Crippen LogP contribution in [0.25, 0.3) is 5.76 Å². The standard InChI is InChI=1S/C30H38N2O5/c1-20(2)19-37-24-10-11-25(22(4)18-24)28(33)26-27(23-8-6-21(3)7-9-23)32(30(35)29(26)34)13-5-12-31-14-16-36-17-15-31/h6-11,18,20,27,33H,5,12-17,19H2,1-4H3/t27-/m1/s1. The molecule has 0 saturated carbocycles. The Morgan fingerprint density at radius 2 is 1.76 bits per heavy atom. The Morgan fingerprint density at radius 1 is 1.05 bits per heavy atom. The molecule has 2 aromatic carbocycles. The number of ketones is 1. The van der Waals surface area contributed by atoms with Gasteiger partial charge in [-0.1, -0.05) is 43.7 Å². The van der Waals surface area contributed by atoms with Gasteiger partial charge in [0.25, 0.3) is 11.7 Å². The van der Waals surface area contributed by atoms with Gasteiger partial charge in [-0.05, 0) is 55.5 Å². The van der Waals surface area contributed by atoms with Crippen LogP contribution in [0.15, 0.2) is 48.0 Å². The van der Waals surface area contributed by atoms with Gasteiger partial charge in [-0.25, -0.2) is 0 Å². The quantitative estimate of drug-likeness (QED) is 0.307. The third kappa shape index (κ3) is 6.22. The maximum atomic E-state index is 13.3. The normalized spacial score (nSPS) is 20.1. The Kier molecular flexibility index (Phi) is 8.67. The first kappa shape index (κ1) is 26.9. The second kappa shape index (κ2) is 11.9. The van der Waals surface area contributed by atoms with Gasteiger partial charge >= 0.3 is 0 Å². The number of Topliss-reactive ketones (excluding diaryl/α,β-unsaturated/α-hetero) is 1. The molecule has 0 aromatic heterocycles. The predicted octanol–water partition coefficient (Wildman–Crippen LogP) is 4.48. The Bertz CT molecular complexity index is 1150. The Morgan fingerprint density at radius 3 is 2.41 bits per heavy atom. The van der Waals surface area contributed by atoms with Gasteiger partial charge in [-0.15, -0.1) is 0 Å². The topological polar surface area (TPSA) is 79.3 Å². The molecule has 2 saturated heterocycles. The molecule has 2 fully saturated rings. The first-order valence-electron chi connectivity index (χ1n) is 13.1. The van der Waals surface area contributed by atoms with E-state index < -0.39 is 17.7 Å². The molecule has 0 aliphatic carbocycles. The number of aliphatic hydroxyl groups is 1. The number of hydrogen-bond donors (Lipinski definition) is 1. The van der Waals surface area contributed by atoms with Crippen LogP contribution in [0.4, 0.5) is 0 Å². The molecule has 4 rings (SSSR count). The van der Waals surface area contributed by atoms with Crippen molar-refractivity contribution in [3.8, 4) is 5.75 Å². The number of nitrogens with zero attached hydrogens (tertiary/aromatic N) is 2. The molecular formula is C30H38N2O5. The number of ether oxygens (including phenoxy) is 2. The van der Waals surface area contributed by atoms with Crippen LogP contribution in [-0.4, -0.2) is 72.6 Å². The highest BCUT2D eigenvalue weighted by atomic mass is 16.5. The van der Waals surface area contributed by atoms with Gasteiger partial charge in [-0.3, -0.25) is 14.5 Å². The third-order valence-electron chi connectivity index (χ3n) is 6.95. The number of aliphatic hydroxyl groups excluding tert-OH is 1. The van der Waals surface area contributed by atoms with Crippen molar-refractivity contribution in [2.24, 2.45) is 5.92 Å². The van der Waals surface area contributed by atoms with E-state index in [-0.39, 0.29) is 11.3 Å². The number of aryl methyl sites for hydroxylation is 2. The van der Waals surface area contributed by atoms with Crippen LogP contribution in [0.5, 0.6) is 5.75 Å². The average molecular weight is 507 g/mol. The Labute approximate surface area is 219 Å². The summed E-state index contributed by atoms with van der Waals surface area (Å²) >= 11 is 0. The van der Waals surface area contributed by atoms with Crippen molar-refractivity contribution >= 4 is 17.4 Å². The monoisotopic (exact) mass is 506 g/mol. The van der Waals surface area contributed by atoms with Crippen molar-refractivity contribution in [3.63, 3.8) is 0 Å². The molecule has 7 heteroatoms. The van der Waals surface area contributed by atoms with Crippen LogP contribution in [0.3, 0.4) is 0 Å². The van der Waals surface area contributed by atoms with E-state index in [9.17, 15) is 14.7 Å². The number of likely N-dealkylation sites (tertiary alicyclic amines) is 1. The minimum Gasteiger partial charge on any atom is -0.507 e. The van der Waals surface area contributed by atoms with Crippen LogP contribution >= 0.6 is 0 Å². The highest BCUT2D eigenvalue weighted by Crippen LogP contribution is 2.40. The van der Waals surface area contributed by atoms with Gasteiger partial charge in [0.15, 0.2) is 0 Å². The molecule has 1 amide bonds. The molecule has 0 spiro atoms. The molecular weight excluding hydrogens is 468 g/mol. The molecule has 37 heavy (non-hydrogen) atoms. The minimum atomic E-state index is -0.644. The second-order valence-electron chi connectivity index (χ2n) is 10.4. The van der Waals surface area contributed by atoms with Gasteiger partial charge in [0, 0.05) is 31.7 Å². The zero-order chi connectivity index (χ0) is 26.5. The summed E-state index contributed by atoms with van der Waals surface area (Å²) in [5.74, 6) is -0.256. The van der Waals surface area contributed by atoms with E-state index in [0.29, 0.717) is 43.6 Å². The van der Waals surface area contributed by atoms with E-state index in [4.69, 9.17) is 9.47 Å². The van der Waals surface area contributed by atoms with Crippen LogP contribution in [0.1, 0.15) is 48.6 Å². The van der Waals surface area contributed by atoms with Crippen molar-refractivity contribution < 1.29 is 24.2 Å². The average Bonchev–Trinajstić information content (AvgIpc) is 3.13. The number of carbonyl (C=O) groups is 2. The van der Waals surface area contributed by atoms with Crippen molar-refractivity contribution in [3.05, 3.63) is 70.3 Å². The summed E-state index contributed by atoms with van der Waals surface area (Å²) in [6.45, 7) is 13.0. The summed E-state index contributed by atoms with van der Waals surface area (Å²) < 4.78 is 11.2. The number of morpholine rings is 1. The lowest BCUT2D eigenvalue weighted by atomic mass is 9.93. The number of carbonyl (C=O) groups excluding carboxylic acids is 2. The van der Waals surface area contributed by atoms with Gasteiger partial charge < -0.3 is 19.5 Å². The van der Waals surface area contributed by atoms with E-state index in [1.807, 2.05) is 44.2 Å². The molecule has 2 aliphatic rings. The summed E-state index contributed by atoms with van der Waals surface area (Å²) in [6, 6.07) is 12.6. The maximum absolute atomic E-state index is 13.3. The Hall–Kier alpha value is -3.16. The maximum Gasteiger partial charge on any atom is 0.295 e. The lowest BCUT2D eigenvalue weighted by molar-refractivity contribution is -0.140. The summed E-state index contributed by atoms with van der Waals surface area (Å²) in [4.78, 5) is 30.5. The SMILES string of the molecule is Cc1ccc([C@@H]2C(=C(O)c3ccc(OCC(C)C)cc3C)C(=O)C(=O)N2CCCN2CCOCC2)cc1. The fourth-order valence-electron chi connectivity index (χ4n) is 4.89. The van der Waals surface area contributed by atoms with E-state index in [1.54, 1.807) is 17.0 Å². The molecule has 1 atom stereocenters. The fraction of sp³-hybridized carbons (Fsp3) is 0.467. The van der Waals surface area contributed by atoms with Gasteiger partial charge in [-0.2, -0.15) is 0 Å². The van der Waals surface area contributed by atoms with Gasteiger partial charge in [0.05, 0.1) is 31.4 Å². The van der Waals surface area contributed by atoms with Crippen LogP contribution in [-0.2, 0) is 14.3 Å². The number of hydrogen-bond acceptors (Lipinski definition) is 6.